The third-order valence-electron chi connectivity index (χ3n) is 4.47. The largest absolute Gasteiger partial charge is 0.423 e. The molecule has 0 bridgehead atoms. The molecular formula is C21H30O2S2. The van der Waals surface area contributed by atoms with E-state index < -0.39 is 5.97 Å². The molecular weight excluding hydrogens is 348 g/mol. The van der Waals surface area contributed by atoms with Gasteiger partial charge >= 0.3 is 5.97 Å². The summed E-state index contributed by atoms with van der Waals surface area (Å²) in [7, 11) is 0. The summed E-state index contributed by atoms with van der Waals surface area (Å²) in [5.41, 5.74) is 1.31. The Bertz CT molecular complexity index is 519. The van der Waals surface area contributed by atoms with Crippen molar-refractivity contribution in [2.24, 2.45) is 5.92 Å². The molecule has 1 aromatic carbocycles. The third-order valence-corrected chi connectivity index (χ3v) is 7.76. The van der Waals surface area contributed by atoms with Gasteiger partial charge in [-0.1, -0.05) is 64.2 Å². The van der Waals surface area contributed by atoms with Crippen molar-refractivity contribution in [3.05, 3.63) is 42.5 Å². The summed E-state index contributed by atoms with van der Waals surface area (Å²) in [6.45, 7) is 5.69. The van der Waals surface area contributed by atoms with Gasteiger partial charge in [0.1, 0.15) is 5.75 Å². The molecule has 2 nitrogen and oxygen atoms in total. The number of hydrogen-bond donors (Lipinski definition) is 0. The van der Waals surface area contributed by atoms with Crippen LogP contribution in [0.1, 0.15) is 62.0 Å². The van der Waals surface area contributed by atoms with Crippen LogP contribution in [0.5, 0.6) is 5.75 Å². The van der Waals surface area contributed by atoms with Crippen LogP contribution in [0.4, 0.5) is 0 Å². The van der Waals surface area contributed by atoms with Crippen molar-refractivity contribution in [1.82, 2.24) is 0 Å². The molecule has 0 saturated carbocycles. The first-order valence-corrected chi connectivity index (χ1v) is 11.5. The van der Waals surface area contributed by atoms with Gasteiger partial charge in [-0.05, 0) is 41.5 Å². The normalized spacial score (nSPS) is 20.2. The van der Waals surface area contributed by atoms with E-state index >= 15 is 0 Å². The zero-order valence-corrected chi connectivity index (χ0v) is 16.9. The second-order valence-electron chi connectivity index (χ2n) is 6.62. The van der Waals surface area contributed by atoms with Crippen molar-refractivity contribution in [3.8, 4) is 5.75 Å². The van der Waals surface area contributed by atoms with Crippen LogP contribution in [0.25, 0.3) is 0 Å². The molecule has 0 atom stereocenters. The number of rotatable bonds is 10. The first kappa shape index (κ1) is 20.4. The second-order valence-corrected chi connectivity index (χ2v) is 9.19. The molecule has 0 aromatic heterocycles. The summed E-state index contributed by atoms with van der Waals surface area (Å²) in [4.78, 5) is 11.2. The number of carbonyl (C=O) groups is 1. The monoisotopic (exact) mass is 378 g/mol. The first-order chi connectivity index (χ1) is 12.2. The quantitative estimate of drug-likeness (QED) is 0.198. The fourth-order valence-corrected chi connectivity index (χ4v) is 6.13. The van der Waals surface area contributed by atoms with Gasteiger partial charge in [0.25, 0.3) is 0 Å². The van der Waals surface area contributed by atoms with Crippen molar-refractivity contribution in [3.63, 3.8) is 0 Å². The van der Waals surface area contributed by atoms with Gasteiger partial charge in [0.15, 0.2) is 0 Å². The lowest BCUT2D eigenvalue weighted by Gasteiger charge is -2.28. The molecule has 1 aliphatic heterocycles. The first-order valence-electron chi connectivity index (χ1n) is 9.40. The average Bonchev–Trinajstić information content (AvgIpc) is 2.65. The maximum absolute atomic E-state index is 11.2. The van der Waals surface area contributed by atoms with Gasteiger partial charge in [0, 0.05) is 6.08 Å². The highest BCUT2D eigenvalue weighted by Crippen LogP contribution is 2.46. The van der Waals surface area contributed by atoms with E-state index in [2.05, 4.69) is 49.2 Å². The van der Waals surface area contributed by atoms with E-state index in [-0.39, 0.29) is 0 Å². The van der Waals surface area contributed by atoms with Crippen LogP contribution >= 0.6 is 23.5 Å². The molecule has 0 spiro atoms. The molecule has 0 amide bonds. The number of unbranched alkanes of at least 4 members (excludes halogenated alkanes) is 5. The highest BCUT2D eigenvalue weighted by molar-refractivity contribution is 8.16. The summed E-state index contributed by atoms with van der Waals surface area (Å²) >= 11 is 4.12. The Balaban J connectivity index is 1.67. The van der Waals surface area contributed by atoms with Crippen molar-refractivity contribution >= 4 is 29.5 Å². The summed E-state index contributed by atoms with van der Waals surface area (Å²) in [5, 5.41) is 0. The van der Waals surface area contributed by atoms with E-state index in [4.69, 9.17) is 4.74 Å². The summed E-state index contributed by atoms with van der Waals surface area (Å²) in [5.74, 6) is 3.57. The molecule has 25 heavy (non-hydrogen) atoms. The van der Waals surface area contributed by atoms with Crippen molar-refractivity contribution in [1.29, 1.82) is 0 Å². The van der Waals surface area contributed by atoms with Gasteiger partial charge in [-0.15, -0.1) is 23.5 Å². The van der Waals surface area contributed by atoms with Gasteiger partial charge in [-0.2, -0.15) is 0 Å². The Morgan fingerprint density at radius 3 is 2.40 bits per heavy atom. The lowest BCUT2D eigenvalue weighted by molar-refractivity contribution is -0.128. The van der Waals surface area contributed by atoms with E-state index in [1.165, 1.54) is 68.1 Å². The third kappa shape index (κ3) is 7.49. The number of thioether (sulfide) groups is 2. The maximum Gasteiger partial charge on any atom is 0.335 e. The van der Waals surface area contributed by atoms with Crippen LogP contribution in [0.2, 0.25) is 0 Å². The Morgan fingerprint density at radius 2 is 1.76 bits per heavy atom. The molecule has 0 N–H and O–H groups in total. The molecule has 0 radical (unpaired) electrons. The molecule has 1 fully saturated rings. The van der Waals surface area contributed by atoms with E-state index in [9.17, 15) is 4.79 Å². The Hall–Kier alpha value is -0.870. The zero-order valence-electron chi connectivity index (χ0n) is 15.2. The highest BCUT2D eigenvalue weighted by Gasteiger charge is 2.23. The average molecular weight is 379 g/mol. The summed E-state index contributed by atoms with van der Waals surface area (Å²) in [6, 6.07) is 7.90. The van der Waals surface area contributed by atoms with Gasteiger partial charge < -0.3 is 4.74 Å². The lowest BCUT2D eigenvalue weighted by atomic mass is 10.0. The number of hydrogen-bond acceptors (Lipinski definition) is 4. The fourth-order valence-electron chi connectivity index (χ4n) is 2.97. The van der Waals surface area contributed by atoms with Crippen molar-refractivity contribution in [2.75, 3.05) is 11.5 Å². The molecule has 1 saturated heterocycles. The molecule has 4 heteroatoms. The van der Waals surface area contributed by atoms with Crippen LogP contribution in [0.3, 0.4) is 0 Å². The molecule has 1 aliphatic rings. The Labute approximate surface area is 161 Å². The lowest BCUT2D eigenvalue weighted by Crippen LogP contribution is -2.14. The molecule has 138 valence electrons. The molecule has 1 heterocycles. The van der Waals surface area contributed by atoms with Crippen LogP contribution < -0.4 is 4.74 Å². The minimum Gasteiger partial charge on any atom is -0.423 e. The van der Waals surface area contributed by atoms with Gasteiger partial charge in [-0.25, -0.2) is 4.79 Å². The minimum atomic E-state index is -0.410. The van der Waals surface area contributed by atoms with E-state index in [0.29, 0.717) is 10.3 Å². The molecule has 2 rings (SSSR count). The fraction of sp³-hybridized carbons (Fsp3) is 0.571. The SMILES string of the molecule is C=CC(=O)Oc1ccc(C2SCC(CCCCCCCC)CS2)cc1. The van der Waals surface area contributed by atoms with Crippen LogP contribution in [0.15, 0.2) is 36.9 Å². The Morgan fingerprint density at radius 1 is 1.12 bits per heavy atom. The Kier molecular flexibility index (Phi) is 9.56. The minimum absolute atomic E-state index is 0.410. The van der Waals surface area contributed by atoms with Crippen LogP contribution in [-0.4, -0.2) is 17.5 Å². The number of ether oxygens (including phenoxy) is 1. The maximum atomic E-state index is 11.2. The van der Waals surface area contributed by atoms with Crippen molar-refractivity contribution < 1.29 is 9.53 Å². The van der Waals surface area contributed by atoms with Gasteiger partial charge in [0.2, 0.25) is 0 Å². The van der Waals surface area contributed by atoms with Gasteiger partial charge in [-0.3, -0.25) is 0 Å². The standard InChI is InChI=1S/C21H30O2S2/c1-3-5-6-7-8-9-10-17-15-24-21(25-16-17)18-11-13-19(14-12-18)23-20(22)4-2/h4,11-14,17,21H,2-3,5-10,15-16H2,1H3. The molecule has 0 aliphatic carbocycles. The van der Waals surface area contributed by atoms with Crippen molar-refractivity contribution in [2.45, 2.75) is 56.5 Å². The van der Waals surface area contributed by atoms with E-state index in [1.54, 1.807) is 0 Å². The summed E-state index contributed by atoms with van der Waals surface area (Å²) in [6.07, 6.45) is 10.9. The molecule has 1 aromatic rings. The predicted octanol–water partition coefficient (Wildman–Crippen LogP) is 6.62. The smallest absolute Gasteiger partial charge is 0.335 e. The number of esters is 1. The second kappa shape index (κ2) is 11.7. The van der Waals surface area contributed by atoms with Crippen LogP contribution in [0, 0.1) is 5.92 Å². The van der Waals surface area contributed by atoms with Gasteiger partial charge in [0.05, 0.1) is 4.58 Å². The number of carbonyl (C=O) groups excluding carboxylic acids is 1. The van der Waals surface area contributed by atoms with Crippen LogP contribution in [-0.2, 0) is 4.79 Å². The predicted molar refractivity (Wildman–Crippen MR) is 111 cm³/mol. The number of benzene rings is 1. The topological polar surface area (TPSA) is 26.3 Å². The van der Waals surface area contributed by atoms with E-state index in [0.717, 1.165) is 5.92 Å². The summed E-state index contributed by atoms with van der Waals surface area (Å²) < 4.78 is 5.64. The zero-order chi connectivity index (χ0) is 17.9. The highest BCUT2D eigenvalue weighted by atomic mass is 32.2. The van der Waals surface area contributed by atoms with E-state index in [1.807, 2.05) is 12.1 Å². The molecule has 0 unspecified atom stereocenters.